The molecule has 3 N–H and O–H groups in total. The number of ether oxygens (including phenoxy) is 1. The van der Waals surface area contributed by atoms with Crippen molar-refractivity contribution in [1.82, 2.24) is 5.32 Å². The van der Waals surface area contributed by atoms with Gasteiger partial charge in [-0.25, -0.2) is 17.6 Å². The van der Waals surface area contributed by atoms with E-state index in [0.717, 1.165) is 12.1 Å². The van der Waals surface area contributed by atoms with Gasteiger partial charge in [-0.3, -0.25) is 4.79 Å². The zero-order valence-corrected chi connectivity index (χ0v) is 11.0. The monoisotopic (exact) mass is 316 g/mol. The quantitative estimate of drug-likeness (QED) is 0.781. The van der Waals surface area contributed by atoms with Gasteiger partial charge in [-0.2, -0.15) is 0 Å². The molecule has 1 aromatic rings. The van der Waals surface area contributed by atoms with Crippen LogP contribution in [0.3, 0.4) is 0 Å². The molecular weight excluding hydrogens is 304 g/mol. The van der Waals surface area contributed by atoms with Crippen molar-refractivity contribution >= 4 is 18.3 Å². The highest BCUT2D eigenvalue weighted by Gasteiger charge is 2.27. The molecule has 20 heavy (non-hydrogen) atoms. The molecule has 0 saturated carbocycles. The summed E-state index contributed by atoms with van der Waals surface area (Å²) in [5.41, 5.74) is 4.77. The summed E-state index contributed by atoms with van der Waals surface area (Å²) in [4.78, 5) is 11.2. The minimum Gasteiger partial charge on any atom is -0.481 e. The van der Waals surface area contributed by atoms with Crippen LogP contribution in [0.4, 0.5) is 17.6 Å². The first-order valence-electron chi connectivity index (χ1n) is 5.26. The molecule has 9 heteroatoms. The zero-order chi connectivity index (χ0) is 14.5. The van der Waals surface area contributed by atoms with Crippen molar-refractivity contribution in [2.75, 3.05) is 19.7 Å². The van der Waals surface area contributed by atoms with Crippen molar-refractivity contribution in [2.24, 2.45) is 5.73 Å². The average Bonchev–Trinajstić information content (AvgIpc) is 2.35. The van der Waals surface area contributed by atoms with Crippen LogP contribution in [0.5, 0.6) is 5.75 Å². The van der Waals surface area contributed by atoms with Gasteiger partial charge >= 0.3 is 0 Å². The van der Waals surface area contributed by atoms with E-state index in [1.165, 1.54) is 0 Å². The molecule has 0 radical (unpaired) electrons. The number of halogens is 5. The first-order chi connectivity index (χ1) is 8.84. The fourth-order valence-corrected chi connectivity index (χ4v) is 1.09. The Kier molecular flexibility index (Phi) is 7.30. The van der Waals surface area contributed by atoms with Gasteiger partial charge in [0, 0.05) is 6.07 Å². The Morgan fingerprint density at radius 2 is 2.00 bits per heavy atom. The van der Waals surface area contributed by atoms with Crippen LogP contribution < -0.4 is 15.8 Å². The van der Waals surface area contributed by atoms with E-state index in [0.29, 0.717) is 6.07 Å². The van der Waals surface area contributed by atoms with Gasteiger partial charge in [0.1, 0.15) is 5.82 Å². The van der Waals surface area contributed by atoms with Crippen LogP contribution in [0.25, 0.3) is 0 Å². The van der Waals surface area contributed by atoms with E-state index >= 15 is 0 Å². The third-order valence-corrected chi connectivity index (χ3v) is 2.10. The third kappa shape index (κ3) is 6.07. The lowest BCUT2D eigenvalue weighted by atomic mass is 10.3. The molecule has 0 atom stereocenters. The Morgan fingerprint density at radius 1 is 1.35 bits per heavy atom. The van der Waals surface area contributed by atoms with E-state index in [1.54, 1.807) is 0 Å². The number of hydrogen-bond donors (Lipinski definition) is 2. The SMILES string of the molecule is Cl.NCC(F)(F)CNC(=O)COc1ccc(F)cc1F. The lowest BCUT2D eigenvalue weighted by molar-refractivity contribution is -0.124. The Hall–Kier alpha value is -1.54. The van der Waals surface area contributed by atoms with E-state index in [9.17, 15) is 22.4 Å². The number of rotatable bonds is 6. The summed E-state index contributed by atoms with van der Waals surface area (Å²) in [6.07, 6.45) is 0. The van der Waals surface area contributed by atoms with Crippen LogP contribution in [0.15, 0.2) is 18.2 Å². The van der Waals surface area contributed by atoms with Crippen molar-refractivity contribution < 1.29 is 27.1 Å². The molecule has 0 saturated heterocycles. The van der Waals surface area contributed by atoms with Gasteiger partial charge in [-0.1, -0.05) is 0 Å². The first kappa shape index (κ1) is 18.5. The molecule has 1 rings (SSSR count). The van der Waals surface area contributed by atoms with E-state index in [-0.39, 0.29) is 18.2 Å². The Balaban J connectivity index is 0.00000361. The maximum absolute atomic E-state index is 13.1. The van der Waals surface area contributed by atoms with Crippen LogP contribution >= 0.6 is 12.4 Å². The number of alkyl halides is 2. The van der Waals surface area contributed by atoms with Crippen LogP contribution in [-0.2, 0) is 4.79 Å². The van der Waals surface area contributed by atoms with Crippen molar-refractivity contribution in [3.8, 4) is 5.75 Å². The van der Waals surface area contributed by atoms with Crippen molar-refractivity contribution in [1.29, 1.82) is 0 Å². The molecule has 0 aromatic heterocycles. The minimum atomic E-state index is -3.21. The third-order valence-electron chi connectivity index (χ3n) is 2.10. The highest BCUT2D eigenvalue weighted by molar-refractivity contribution is 5.85. The highest BCUT2D eigenvalue weighted by atomic mass is 35.5. The molecule has 0 bridgehead atoms. The smallest absolute Gasteiger partial charge is 0.277 e. The standard InChI is InChI=1S/C11H12F4N2O2.ClH/c12-7-1-2-9(8(13)3-7)19-4-10(18)17-6-11(14,15)5-16;/h1-3H,4-6,16H2,(H,17,18);1H. The van der Waals surface area contributed by atoms with Crippen LogP contribution in [0, 0.1) is 11.6 Å². The normalized spacial score (nSPS) is 10.7. The van der Waals surface area contributed by atoms with Gasteiger partial charge in [-0.05, 0) is 12.1 Å². The van der Waals surface area contributed by atoms with Crippen LogP contribution in [0.2, 0.25) is 0 Å². The summed E-state index contributed by atoms with van der Waals surface area (Å²) in [7, 11) is 0. The Morgan fingerprint density at radius 3 is 2.55 bits per heavy atom. The van der Waals surface area contributed by atoms with Gasteiger partial charge in [0.2, 0.25) is 0 Å². The fourth-order valence-electron chi connectivity index (χ4n) is 1.09. The molecule has 1 aromatic carbocycles. The van der Waals surface area contributed by atoms with Gasteiger partial charge in [-0.15, -0.1) is 12.4 Å². The number of nitrogens with one attached hydrogen (secondary N) is 1. The highest BCUT2D eigenvalue weighted by Crippen LogP contribution is 2.17. The summed E-state index contributed by atoms with van der Waals surface area (Å²) in [5, 5.41) is 1.88. The van der Waals surface area contributed by atoms with E-state index in [1.807, 2.05) is 5.32 Å². The summed E-state index contributed by atoms with van der Waals surface area (Å²) >= 11 is 0. The number of hydrogen-bond acceptors (Lipinski definition) is 3. The second kappa shape index (κ2) is 7.91. The second-order valence-electron chi connectivity index (χ2n) is 3.70. The molecule has 4 nitrogen and oxygen atoms in total. The molecule has 114 valence electrons. The summed E-state index contributed by atoms with van der Waals surface area (Å²) in [6, 6.07) is 2.52. The lowest BCUT2D eigenvalue weighted by Crippen LogP contribution is -2.43. The van der Waals surface area contributed by atoms with Crippen molar-refractivity contribution in [2.45, 2.75) is 5.92 Å². The number of carbonyl (C=O) groups is 1. The number of carbonyl (C=O) groups excluding carboxylic acids is 1. The molecule has 1 amide bonds. The first-order valence-corrected chi connectivity index (χ1v) is 5.26. The molecular formula is C11H13ClF4N2O2. The van der Waals surface area contributed by atoms with E-state index in [2.05, 4.69) is 0 Å². The van der Waals surface area contributed by atoms with E-state index < -0.39 is 43.2 Å². The summed E-state index contributed by atoms with van der Waals surface area (Å²) in [6.45, 7) is -2.50. The minimum absolute atomic E-state index is 0. The number of nitrogens with two attached hydrogens (primary N) is 1. The molecule has 0 aliphatic rings. The van der Waals surface area contributed by atoms with Crippen molar-refractivity contribution in [3.63, 3.8) is 0 Å². The van der Waals surface area contributed by atoms with E-state index in [4.69, 9.17) is 10.5 Å². The summed E-state index contributed by atoms with van der Waals surface area (Å²) in [5.74, 6) is -6.20. The predicted octanol–water partition coefficient (Wildman–Crippen LogP) is 1.48. The summed E-state index contributed by atoms with van der Waals surface area (Å²) < 4.78 is 55.8. The molecule has 0 fully saturated rings. The van der Waals surface area contributed by atoms with Gasteiger partial charge in [0.05, 0.1) is 13.1 Å². The molecule has 0 aliphatic heterocycles. The molecule has 0 unspecified atom stereocenters. The van der Waals surface area contributed by atoms with Crippen molar-refractivity contribution in [3.05, 3.63) is 29.8 Å². The van der Waals surface area contributed by atoms with Crippen LogP contribution in [0.1, 0.15) is 0 Å². The Labute approximate surface area is 118 Å². The Bertz CT molecular complexity index is 460. The fraction of sp³-hybridized carbons (Fsp3) is 0.364. The lowest BCUT2D eigenvalue weighted by Gasteiger charge is -2.14. The zero-order valence-electron chi connectivity index (χ0n) is 10.2. The predicted molar refractivity (Wildman–Crippen MR) is 66.1 cm³/mol. The maximum atomic E-state index is 13.1. The van der Waals surface area contributed by atoms with Crippen LogP contribution in [-0.4, -0.2) is 31.5 Å². The number of benzene rings is 1. The second-order valence-corrected chi connectivity index (χ2v) is 3.70. The van der Waals surface area contributed by atoms with Gasteiger partial charge in [0.15, 0.2) is 18.2 Å². The maximum Gasteiger partial charge on any atom is 0.277 e. The van der Waals surface area contributed by atoms with Gasteiger partial charge in [0.25, 0.3) is 11.8 Å². The average molecular weight is 317 g/mol. The van der Waals surface area contributed by atoms with Gasteiger partial charge < -0.3 is 15.8 Å². The largest absolute Gasteiger partial charge is 0.481 e. The molecule has 0 spiro atoms. The molecule has 0 aliphatic carbocycles. The topological polar surface area (TPSA) is 64.3 Å². The molecule has 0 heterocycles. The number of amides is 1.